The van der Waals surface area contributed by atoms with Crippen LogP contribution in [-0.4, -0.2) is 7.05 Å². The number of hydrogen-bond acceptors (Lipinski definition) is 1. The predicted molar refractivity (Wildman–Crippen MR) is 157 cm³/mol. The molecular weight excluding hydrogens is 478 g/mol. The van der Waals surface area contributed by atoms with E-state index in [4.69, 9.17) is 0 Å². The van der Waals surface area contributed by atoms with Crippen LogP contribution in [0.3, 0.4) is 0 Å². The zero-order valence-electron chi connectivity index (χ0n) is 22.1. The molecule has 1 N–H and O–H groups in total. The molecule has 34 heavy (non-hydrogen) atoms. The van der Waals surface area contributed by atoms with E-state index in [-0.39, 0.29) is 0 Å². The summed E-state index contributed by atoms with van der Waals surface area (Å²) in [6.45, 7) is 15.3. The molecule has 1 aliphatic rings. The molecule has 0 aliphatic heterocycles. The Bertz CT molecular complexity index is 900. The lowest BCUT2D eigenvalue weighted by molar-refractivity contribution is 0.576. The Morgan fingerprint density at radius 1 is 1.06 bits per heavy atom. The summed E-state index contributed by atoms with van der Waals surface area (Å²) < 4.78 is 1.24. The highest BCUT2D eigenvalue weighted by Crippen LogP contribution is 2.38. The van der Waals surface area contributed by atoms with Crippen LogP contribution in [0.15, 0.2) is 76.9 Å². The number of rotatable bonds is 15. The van der Waals surface area contributed by atoms with Gasteiger partial charge in [0, 0.05) is 17.2 Å². The summed E-state index contributed by atoms with van der Waals surface area (Å²) in [7, 11) is 2.05. The molecule has 1 aromatic rings. The molecular formula is C32H46BrN. The lowest BCUT2D eigenvalue weighted by Crippen LogP contribution is -2.07. The van der Waals surface area contributed by atoms with Crippen LogP contribution >= 0.6 is 15.9 Å². The second-order valence-electron chi connectivity index (χ2n) is 10.4. The monoisotopic (exact) mass is 523 g/mol. The molecule has 0 radical (unpaired) electrons. The molecule has 1 aliphatic carbocycles. The first-order valence-corrected chi connectivity index (χ1v) is 13.9. The van der Waals surface area contributed by atoms with Crippen molar-refractivity contribution in [2.24, 2.45) is 5.92 Å². The maximum Gasteiger partial charge on any atom is 0.0376 e. The first-order chi connectivity index (χ1) is 16.3. The summed E-state index contributed by atoms with van der Waals surface area (Å²) in [5.74, 6) is 1.13. The molecule has 0 spiro atoms. The average Bonchev–Trinajstić information content (AvgIpc) is 3.05. The fourth-order valence-corrected chi connectivity index (χ4v) is 5.40. The van der Waals surface area contributed by atoms with Gasteiger partial charge in [-0.3, -0.25) is 0 Å². The van der Waals surface area contributed by atoms with Crippen molar-refractivity contribution in [3.63, 3.8) is 0 Å². The molecule has 1 unspecified atom stereocenters. The summed E-state index contributed by atoms with van der Waals surface area (Å²) in [6.07, 6.45) is 22.6. The van der Waals surface area contributed by atoms with Gasteiger partial charge in [0.05, 0.1) is 0 Å². The van der Waals surface area contributed by atoms with Crippen LogP contribution in [0.1, 0.15) is 95.6 Å². The van der Waals surface area contributed by atoms with Gasteiger partial charge < -0.3 is 5.32 Å². The first kappa shape index (κ1) is 28.4. The number of anilines is 1. The molecule has 1 atom stereocenters. The van der Waals surface area contributed by atoms with Crippen molar-refractivity contribution < 1.29 is 0 Å². The summed E-state index contributed by atoms with van der Waals surface area (Å²) in [5, 5.41) is 3.49. The van der Waals surface area contributed by atoms with Gasteiger partial charge in [0.2, 0.25) is 0 Å². The number of hydrogen-bond donors (Lipinski definition) is 1. The quantitative estimate of drug-likeness (QED) is 0.178. The van der Waals surface area contributed by atoms with Gasteiger partial charge in [-0.1, -0.05) is 84.3 Å². The lowest BCUT2D eigenvalue weighted by Gasteiger charge is -2.23. The van der Waals surface area contributed by atoms with Gasteiger partial charge in [0.15, 0.2) is 0 Å². The molecule has 186 valence electrons. The molecule has 0 saturated carbocycles. The van der Waals surface area contributed by atoms with Crippen LogP contribution in [0.2, 0.25) is 0 Å². The van der Waals surface area contributed by atoms with Gasteiger partial charge in [-0.25, -0.2) is 0 Å². The zero-order chi connectivity index (χ0) is 24.9. The van der Waals surface area contributed by atoms with Crippen LogP contribution in [0.4, 0.5) is 5.69 Å². The van der Waals surface area contributed by atoms with E-state index in [9.17, 15) is 0 Å². The highest BCUT2D eigenvalue weighted by Gasteiger charge is 2.18. The fourth-order valence-electron chi connectivity index (χ4n) is 4.84. The van der Waals surface area contributed by atoms with E-state index in [0.717, 1.165) is 38.5 Å². The normalized spacial score (nSPS) is 14.1. The van der Waals surface area contributed by atoms with Crippen LogP contribution < -0.4 is 5.32 Å². The van der Waals surface area contributed by atoms with Crippen LogP contribution in [-0.2, 0) is 6.42 Å². The Labute approximate surface area is 218 Å². The molecule has 0 aromatic heterocycles. The Morgan fingerprint density at radius 3 is 2.53 bits per heavy atom. The molecule has 0 fully saturated rings. The second kappa shape index (κ2) is 15.2. The van der Waals surface area contributed by atoms with Gasteiger partial charge >= 0.3 is 0 Å². The Morgan fingerprint density at radius 2 is 1.82 bits per heavy atom. The summed E-state index contributed by atoms with van der Waals surface area (Å²) >= 11 is 3.90. The molecule has 0 bridgehead atoms. The number of benzene rings is 1. The average molecular weight is 525 g/mol. The third kappa shape index (κ3) is 10.2. The maximum absolute atomic E-state index is 4.34. The van der Waals surface area contributed by atoms with E-state index in [2.05, 4.69) is 105 Å². The second-order valence-corrected chi connectivity index (χ2v) is 11.2. The SMILES string of the molecule is C=C(C)CC(CCC(=C)CC(C)C)c1cc(Br)c(CCCCCC2=CC=CCC=C2)cc1NC. The van der Waals surface area contributed by atoms with Crippen molar-refractivity contribution in [2.45, 2.75) is 90.9 Å². The minimum atomic E-state index is 0.462. The number of allylic oxidation sites excluding steroid dienone is 8. The van der Waals surface area contributed by atoms with E-state index in [0.29, 0.717) is 11.8 Å². The van der Waals surface area contributed by atoms with Crippen LogP contribution in [0.25, 0.3) is 0 Å². The van der Waals surface area contributed by atoms with Crippen LogP contribution in [0.5, 0.6) is 0 Å². The van der Waals surface area contributed by atoms with Crippen molar-refractivity contribution in [2.75, 3.05) is 12.4 Å². The standard InChI is InChI=1S/C32H46BrN/c1-24(2)20-26(5)18-19-28(21-25(3)4)30-23-31(33)29(22-32(30)34-6)17-13-9-12-16-27-14-10-7-8-11-15-27/h7,10-11,14-15,22-24,28,34H,3,5,8-9,12-13,16-21H2,1-2,4,6H3. The van der Waals surface area contributed by atoms with Crippen LogP contribution in [0, 0.1) is 5.92 Å². The fraction of sp³-hybridized carbons (Fsp3) is 0.500. The van der Waals surface area contributed by atoms with Crippen molar-refractivity contribution in [1.29, 1.82) is 0 Å². The molecule has 2 heteroatoms. The summed E-state index contributed by atoms with van der Waals surface area (Å²) in [5.41, 5.74) is 8.14. The topological polar surface area (TPSA) is 12.0 Å². The van der Waals surface area contributed by atoms with Gasteiger partial charge in [-0.05, 0) is 105 Å². The van der Waals surface area contributed by atoms with Gasteiger partial charge in [-0.2, -0.15) is 0 Å². The van der Waals surface area contributed by atoms with Gasteiger partial charge in [0.25, 0.3) is 0 Å². The molecule has 1 nitrogen and oxygen atoms in total. The first-order valence-electron chi connectivity index (χ1n) is 13.1. The Balaban J connectivity index is 2.01. The van der Waals surface area contributed by atoms with E-state index < -0.39 is 0 Å². The lowest BCUT2D eigenvalue weighted by atomic mass is 9.85. The van der Waals surface area contributed by atoms with E-state index in [1.54, 1.807) is 0 Å². The third-order valence-electron chi connectivity index (χ3n) is 6.53. The molecule has 2 rings (SSSR count). The molecule has 0 amide bonds. The largest absolute Gasteiger partial charge is 0.388 e. The number of unbranched alkanes of at least 4 members (excludes halogenated alkanes) is 2. The van der Waals surface area contributed by atoms with Crippen molar-refractivity contribution in [1.82, 2.24) is 0 Å². The Kier molecular flexibility index (Phi) is 12.8. The highest BCUT2D eigenvalue weighted by molar-refractivity contribution is 9.10. The molecule has 1 aromatic carbocycles. The van der Waals surface area contributed by atoms with Gasteiger partial charge in [0.1, 0.15) is 0 Å². The predicted octanol–water partition coefficient (Wildman–Crippen LogP) is 10.5. The van der Waals surface area contributed by atoms with E-state index in [1.165, 1.54) is 63.7 Å². The number of aryl methyl sites for hydroxylation is 1. The van der Waals surface area contributed by atoms with E-state index >= 15 is 0 Å². The third-order valence-corrected chi connectivity index (χ3v) is 7.27. The van der Waals surface area contributed by atoms with E-state index in [1.807, 2.05) is 0 Å². The van der Waals surface area contributed by atoms with Crippen molar-refractivity contribution in [3.05, 3.63) is 88.0 Å². The zero-order valence-corrected chi connectivity index (χ0v) is 23.6. The Hall–Kier alpha value is -1.80. The highest BCUT2D eigenvalue weighted by atomic mass is 79.9. The molecule has 0 heterocycles. The minimum Gasteiger partial charge on any atom is -0.388 e. The smallest absolute Gasteiger partial charge is 0.0376 e. The van der Waals surface area contributed by atoms with Gasteiger partial charge in [-0.15, -0.1) is 6.58 Å². The number of halogens is 1. The van der Waals surface area contributed by atoms with Crippen molar-refractivity contribution >= 4 is 21.6 Å². The van der Waals surface area contributed by atoms with Crippen molar-refractivity contribution in [3.8, 4) is 0 Å². The summed E-state index contributed by atoms with van der Waals surface area (Å²) in [6, 6.07) is 4.74. The molecule has 0 saturated heterocycles. The summed E-state index contributed by atoms with van der Waals surface area (Å²) in [4.78, 5) is 0. The number of nitrogens with one attached hydrogen (secondary N) is 1. The minimum absolute atomic E-state index is 0.462. The maximum atomic E-state index is 4.34.